The maximum Gasteiger partial charge on any atom is 0.339 e. The van der Waals surface area contributed by atoms with Crippen LogP contribution in [0, 0.1) is 0 Å². The number of benzene rings is 3. The van der Waals surface area contributed by atoms with Crippen molar-refractivity contribution >= 4 is 11.9 Å². The molecule has 0 aliphatic rings. The smallest absolute Gasteiger partial charge is 0.339 e. The fraction of sp³-hybridized carbons (Fsp3) is 0.200. The van der Waals surface area contributed by atoms with Crippen LogP contribution >= 0.6 is 0 Å². The Bertz CT molecular complexity index is 957. The Hall–Kier alpha value is -3.60. The Balaban J connectivity index is 1.52. The third-order valence-electron chi connectivity index (χ3n) is 4.58. The minimum absolute atomic E-state index is 0.229. The molecule has 1 amide bonds. The van der Waals surface area contributed by atoms with E-state index in [0.717, 1.165) is 5.56 Å². The molecule has 0 radical (unpaired) electrons. The van der Waals surface area contributed by atoms with E-state index in [9.17, 15) is 9.59 Å². The Morgan fingerprint density at radius 3 is 2.23 bits per heavy atom. The van der Waals surface area contributed by atoms with E-state index < -0.39 is 12.1 Å². The van der Waals surface area contributed by atoms with Gasteiger partial charge >= 0.3 is 5.97 Å². The van der Waals surface area contributed by atoms with Gasteiger partial charge in [0.1, 0.15) is 12.4 Å². The van der Waals surface area contributed by atoms with E-state index in [1.54, 1.807) is 19.1 Å². The Labute approximate surface area is 176 Å². The molecule has 0 bridgehead atoms. The van der Waals surface area contributed by atoms with Crippen LogP contribution in [0.25, 0.3) is 0 Å². The number of ether oxygens (including phenoxy) is 2. The predicted molar refractivity (Wildman–Crippen MR) is 115 cm³/mol. The maximum absolute atomic E-state index is 12.6. The van der Waals surface area contributed by atoms with Gasteiger partial charge in [0.15, 0.2) is 6.10 Å². The van der Waals surface area contributed by atoms with Gasteiger partial charge in [0.2, 0.25) is 0 Å². The normalized spacial score (nSPS) is 11.4. The highest BCUT2D eigenvalue weighted by atomic mass is 16.5. The van der Waals surface area contributed by atoms with Crippen LogP contribution in [0.3, 0.4) is 0 Å². The van der Waals surface area contributed by atoms with Gasteiger partial charge in [-0.05, 0) is 37.1 Å². The van der Waals surface area contributed by atoms with Gasteiger partial charge in [-0.3, -0.25) is 4.79 Å². The summed E-state index contributed by atoms with van der Waals surface area (Å²) >= 11 is 0. The van der Waals surface area contributed by atoms with Crippen LogP contribution in [0.1, 0.15) is 28.4 Å². The van der Waals surface area contributed by atoms with E-state index in [1.807, 2.05) is 72.8 Å². The monoisotopic (exact) mass is 403 g/mol. The molecule has 1 N–H and O–H groups in total. The van der Waals surface area contributed by atoms with E-state index in [4.69, 9.17) is 9.47 Å². The number of amides is 1. The standard InChI is InChI=1S/C25H25NO4/c1-19(24(27)26-17-16-20-10-4-2-5-11-20)30-25(28)23-15-9-8-12-21(23)18-29-22-13-6-3-7-14-22/h2-15,19H,16-18H2,1H3,(H,26,27). The van der Waals surface area contributed by atoms with Gasteiger partial charge in [-0.15, -0.1) is 0 Å². The Kier molecular flexibility index (Phi) is 7.61. The second-order valence-electron chi connectivity index (χ2n) is 6.83. The summed E-state index contributed by atoms with van der Waals surface area (Å²) in [5.74, 6) is -0.155. The van der Waals surface area contributed by atoms with E-state index in [-0.39, 0.29) is 12.5 Å². The van der Waals surface area contributed by atoms with Gasteiger partial charge in [0.05, 0.1) is 5.56 Å². The van der Waals surface area contributed by atoms with Gasteiger partial charge in [0, 0.05) is 12.1 Å². The summed E-state index contributed by atoms with van der Waals surface area (Å²) in [6.07, 6.45) is -0.177. The Morgan fingerprint density at radius 2 is 1.50 bits per heavy atom. The lowest BCUT2D eigenvalue weighted by Crippen LogP contribution is -2.37. The minimum atomic E-state index is -0.892. The highest BCUT2D eigenvalue weighted by Crippen LogP contribution is 2.16. The molecule has 0 fully saturated rings. The molecule has 5 nitrogen and oxygen atoms in total. The third-order valence-corrected chi connectivity index (χ3v) is 4.58. The van der Waals surface area contributed by atoms with E-state index in [2.05, 4.69) is 5.32 Å². The van der Waals surface area contributed by atoms with Crippen LogP contribution in [-0.4, -0.2) is 24.5 Å². The summed E-state index contributed by atoms with van der Waals surface area (Å²) in [6, 6.07) is 26.3. The SMILES string of the molecule is CC(OC(=O)c1ccccc1COc1ccccc1)C(=O)NCCc1ccccc1. The number of esters is 1. The van der Waals surface area contributed by atoms with Crippen LogP contribution in [0.15, 0.2) is 84.9 Å². The molecule has 3 aromatic carbocycles. The van der Waals surface area contributed by atoms with Crippen molar-refractivity contribution in [1.29, 1.82) is 0 Å². The second kappa shape index (κ2) is 10.8. The zero-order valence-corrected chi connectivity index (χ0v) is 16.9. The van der Waals surface area contributed by atoms with Crippen molar-refractivity contribution in [2.75, 3.05) is 6.54 Å². The third kappa shape index (κ3) is 6.21. The molecular weight excluding hydrogens is 378 g/mol. The summed E-state index contributed by atoms with van der Waals surface area (Å²) < 4.78 is 11.1. The molecule has 0 spiro atoms. The average Bonchev–Trinajstić information content (AvgIpc) is 2.79. The topological polar surface area (TPSA) is 64.6 Å². The first-order chi connectivity index (χ1) is 14.6. The van der Waals surface area contributed by atoms with E-state index in [0.29, 0.717) is 29.8 Å². The number of carbonyl (C=O) groups excluding carboxylic acids is 2. The van der Waals surface area contributed by atoms with Crippen LogP contribution in [-0.2, 0) is 22.6 Å². The average molecular weight is 403 g/mol. The first-order valence-electron chi connectivity index (χ1n) is 9.92. The predicted octanol–water partition coefficient (Wildman–Crippen LogP) is 4.17. The molecule has 0 aliphatic carbocycles. The fourth-order valence-corrected chi connectivity index (χ4v) is 2.92. The van der Waals surface area contributed by atoms with E-state index in [1.165, 1.54) is 0 Å². The van der Waals surface area contributed by atoms with Gasteiger partial charge < -0.3 is 14.8 Å². The zero-order valence-electron chi connectivity index (χ0n) is 16.9. The van der Waals surface area contributed by atoms with Gasteiger partial charge in [-0.25, -0.2) is 4.79 Å². The molecule has 1 unspecified atom stereocenters. The van der Waals surface area contributed by atoms with Crippen molar-refractivity contribution in [3.8, 4) is 5.75 Å². The molecule has 0 aliphatic heterocycles. The molecule has 3 rings (SSSR count). The second-order valence-corrected chi connectivity index (χ2v) is 6.83. The molecule has 1 atom stereocenters. The molecule has 0 saturated carbocycles. The molecule has 3 aromatic rings. The highest BCUT2D eigenvalue weighted by Gasteiger charge is 2.20. The summed E-state index contributed by atoms with van der Waals surface area (Å²) in [4.78, 5) is 24.9. The number of nitrogens with one attached hydrogen (secondary N) is 1. The lowest BCUT2D eigenvalue weighted by Gasteiger charge is -2.15. The summed E-state index contributed by atoms with van der Waals surface area (Å²) in [5, 5.41) is 2.81. The van der Waals surface area contributed by atoms with Crippen LogP contribution in [0.4, 0.5) is 0 Å². The molecule has 154 valence electrons. The summed E-state index contributed by atoms with van der Waals surface area (Å²) in [5.41, 5.74) is 2.22. The van der Waals surface area contributed by atoms with E-state index >= 15 is 0 Å². The maximum atomic E-state index is 12.6. The summed E-state index contributed by atoms with van der Waals surface area (Å²) in [6.45, 7) is 2.28. The van der Waals surface area contributed by atoms with Gasteiger partial charge in [-0.1, -0.05) is 66.7 Å². The number of para-hydroxylation sites is 1. The largest absolute Gasteiger partial charge is 0.489 e. The number of hydrogen-bond donors (Lipinski definition) is 1. The van der Waals surface area contributed by atoms with Crippen molar-refractivity contribution in [3.05, 3.63) is 102 Å². The highest BCUT2D eigenvalue weighted by molar-refractivity contribution is 5.93. The first kappa shape index (κ1) is 21.1. The fourth-order valence-electron chi connectivity index (χ4n) is 2.92. The van der Waals surface area contributed by atoms with Crippen molar-refractivity contribution in [2.45, 2.75) is 26.1 Å². The lowest BCUT2D eigenvalue weighted by molar-refractivity contribution is -0.129. The first-order valence-corrected chi connectivity index (χ1v) is 9.92. The van der Waals surface area contributed by atoms with Crippen LogP contribution in [0.2, 0.25) is 0 Å². The summed E-state index contributed by atoms with van der Waals surface area (Å²) in [7, 11) is 0. The Morgan fingerprint density at radius 1 is 0.867 bits per heavy atom. The molecule has 0 heterocycles. The molecule has 0 saturated heterocycles. The number of carbonyl (C=O) groups is 2. The quantitative estimate of drug-likeness (QED) is 0.545. The number of rotatable bonds is 9. The molecule has 30 heavy (non-hydrogen) atoms. The number of hydrogen-bond acceptors (Lipinski definition) is 4. The van der Waals surface area contributed by atoms with Crippen molar-refractivity contribution in [1.82, 2.24) is 5.32 Å². The minimum Gasteiger partial charge on any atom is -0.489 e. The van der Waals surface area contributed by atoms with Crippen LogP contribution < -0.4 is 10.1 Å². The van der Waals surface area contributed by atoms with Crippen LogP contribution in [0.5, 0.6) is 5.75 Å². The van der Waals surface area contributed by atoms with Gasteiger partial charge in [-0.2, -0.15) is 0 Å². The van der Waals surface area contributed by atoms with Crippen molar-refractivity contribution in [3.63, 3.8) is 0 Å². The molecule has 5 heteroatoms. The zero-order chi connectivity index (χ0) is 21.2. The van der Waals surface area contributed by atoms with Crippen molar-refractivity contribution in [2.24, 2.45) is 0 Å². The van der Waals surface area contributed by atoms with Crippen molar-refractivity contribution < 1.29 is 19.1 Å². The molecule has 0 aromatic heterocycles. The lowest BCUT2D eigenvalue weighted by atomic mass is 10.1. The van der Waals surface area contributed by atoms with Gasteiger partial charge in [0.25, 0.3) is 5.91 Å². The molecular formula is C25H25NO4.